The molecule has 49 heavy (non-hydrogen) atoms. The SMILES string of the molecule is CC(C)[C@H](O)C(=O)C[C@@H](C)[C@H]1CC[C@H]2[C@@H]3C[C@H](O[C@@H]4O[C@H](C)[C@@H](OS(=O)(=O)O)[C@H](O)[C@H]4O)[C@H]4C[C@@H](OS(=O)(=O)O)CC[C@]4(C)C3=CC[C@]12C. The first-order valence-electron chi connectivity index (χ1n) is 17.5. The maximum atomic E-state index is 12.9. The van der Waals surface area contributed by atoms with E-state index in [9.17, 15) is 46.1 Å². The number of fused-ring (bicyclic) bond motifs is 5. The van der Waals surface area contributed by atoms with Gasteiger partial charge in [-0.15, -0.1) is 0 Å². The summed E-state index contributed by atoms with van der Waals surface area (Å²) in [5, 5.41) is 32.3. The number of carbonyl (C=O) groups excluding carboxylic acids is 1. The molecule has 1 heterocycles. The van der Waals surface area contributed by atoms with Crippen molar-refractivity contribution in [1.82, 2.24) is 0 Å². The molecule has 0 amide bonds. The summed E-state index contributed by atoms with van der Waals surface area (Å²) in [5.41, 5.74) is 0.668. The van der Waals surface area contributed by atoms with Crippen LogP contribution >= 0.6 is 0 Å². The number of carbonyl (C=O) groups is 1. The molecule has 282 valence electrons. The van der Waals surface area contributed by atoms with Crippen LogP contribution in [0.2, 0.25) is 0 Å². The summed E-state index contributed by atoms with van der Waals surface area (Å²) in [7, 11) is -9.69. The summed E-state index contributed by atoms with van der Waals surface area (Å²) in [6.45, 7) is 11.6. The number of aliphatic hydroxyl groups excluding tert-OH is 3. The number of aliphatic hydroxyl groups is 3. The fourth-order valence-corrected chi connectivity index (χ4v) is 11.5. The van der Waals surface area contributed by atoms with Crippen molar-refractivity contribution in [1.29, 1.82) is 0 Å². The lowest BCUT2D eigenvalue weighted by molar-refractivity contribution is -0.312. The van der Waals surface area contributed by atoms with Crippen LogP contribution in [-0.4, -0.2) is 96.1 Å². The van der Waals surface area contributed by atoms with Crippen molar-refractivity contribution in [3.63, 3.8) is 0 Å². The second-order valence-corrected chi connectivity index (χ2v) is 18.2. The maximum Gasteiger partial charge on any atom is 0.397 e. The van der Waals surface area contributed by atoms with E-state index in [1.165, 1.54) is 12.5 Å². The lowest BCUT2D eigenvalue weighted by atomic mass is 9.47. The summed E-state index contributed by atoms with van der Waals surface area (Å²) >= 11 is 0. The van der Waals surface area contributed by atoms with Gasteiger partial charge in [0.1, 0.15) is 24.4 Å². The zero-order valence-corrected chi connectivity index (χ0v) is 30.7. The molecule has 16 heteroatoms. The number of rotatable bonds is 11. The lowest BCUT2D eigenvalue weighted by Crippen LogP contribution is -2.61. The van der Waals surface area contributed by atoms with Crippen molar-refractivity contribution in [2.45, 2.75) is 142 Å². The number of Topliss-reactive ketones (excluding diaryl/α,β-unsaturated/α-hetero) is 1. The Morgan fingerprint density at radius 3 is 2.24 bits per heavy atom. The minimum Gasteiger partial charge on any atom is -0.387 e. The van der Waals surface area contributed by atoms with Gasteiger partial charge < -0.3 is 24.8 Å². The molecule has 4 fully saturated rings. The van der Waals surface area contributed by atoms with Crippen LogP contribution in [0.3, 0.4) is 0 Å². The second kappa shape index (κ2) is 14.1. The molecule has 15 atom stereocenters. The van der Waals surface area contributed by atoms with Crippen molar-refractivity contribution in [3.05, 3.63) is 11.6 Å². The summed E-state index contributed by atoms with van der Waals surface area (Å²) in [6, 6.07) is 0. The standard InChI is InChI=1S/C33H54O14S2/c1-16(2)27(35)25(34)13-17(3)21-7-8-22-20-15-26(45-31-29(37)28(36)30(18(4)44-31)47-49(41,42)43)24-14-19(46-48(38,39)40)9-11-33(24,6)23(20)10-12-32(21,22)5/h10,16-22,24,26-31,35-37H,7-9,11-15H2,1-6H3,(H,38,39,40)(H,41,42,43)/t17-,18-,19+,20+,21-,22+,24-,26+,27+,28-,29-,30-,31+,32-,33-/m1/s1. The fourth-order valence-electron chi connectivity index (χ4n) is 10.4. The summed E-state index contributed by atoms with van der Waals surface area (Å²) in [6.07, 6.45) is -3.17. The molecular weight excluding hydrogens is 684 g/mol. The van der Waals surface area contributed by atoms with Crippen LogP contribution in [0.15, 0.2) is 11.6 Å². The Hall–Kier alpha value is -1.05. The van der Waals surface area contributed by atoms with Gasteiger partial charge in [-0.1, -0.05) is 46.3 Å². The Bertz CT molecular complexity index is 1480. The molecule has 1 aliphatic heterocycles. The van der Waals surface area contributed by atoms with E-state index in [0.717, 1.165) is 19.3 Å². The highest BCUT2D eigenvalue weighted by atomic mass is 32.3. The molecule has 0 aromatic carbocycles. The third-order valence-corrected chi connectivity index (χ3v) is 13.8. The summed E-state index contributed by atoms with van der Waals surface area (Å²) in [4.78, 5) is 12.9. The second-order valence-electron chi connectivity index (χ2n) is 16.1. The van der Waals surface area contributed by atoms with Crippen molar-refractivity contribution < 1.29 is 63.9 Å². The van der Waals surface area contributed by atoms with Gasteiger partial charge in [0.05, 0.1) is 18.3 Å². The predicted molar refractivity (Wildman–Crippen MR) is 174 cm³/mol. The van der Waals surface area contributed by atoms with Crippen LogP contribution in [0.4, 0.5) is 0 Å². The largest absolute Gasteiger partial charge is 0.397 e. The van der Waals surface area contributed by atoms with Crippen molar-refractivity contribution >= 4 is 26.6 Å². The van der Waals surface area contributed by atoms with Crippen LogP contribution in [0.5, 0.6) is 0 Å². The molecule has 0 aromatic heterocycles. The minimum absolute atomic E-state index is 0.0527. The number of ketones is 1. The molecule has 3 saturated carbocycles. The molecule has 5 rings (SSSR count). The Morgan fingerprint density at radius 2 is 1.63 bits per heavy atom. The zero-order chi connectivity index (χ0) is 36.4. The molecule has 4 aliphatic carbocycles. The number of allylic oxidation sites excluding steroid dienone is 2. The van der Waals surface area contributed by atoms with E-state index in [1.807, 2.05) is 13.8 Å². The summed E-state index contributed by atoms with van der Waals surface area (Å²) in [5.74, 6) is -0.0488. The molecule has 14 nitrogen and oxygen atoms in total. The molecule has 0 spiro atoms. The molecule has 5 aliphatic rings. The minimum atomic E-state index is -4.97. The third kappa shape index (κ3) is 7.85. The van der Waals surface area contributed by atoms with E-state index in [-0.39, 0.29) is 53.1 Å². The first kappa shape index (κ1) is 39.2. The van der Waals surface area contributed by atoms with Gasteiger partial charge in [-0.05, 0) is 98.2 Å². The maximum absolute atomic E-state index is 12.9. The molecule has 0 radical (unpaired) electrons. The van der Waals surface area contributed by atoms with Crippen molar-refractivity contribution in [3.8, 4) is 0 Å². The monoisotopic (exact) mass is 738 g/mol. The number of hydrogen-bond donors (Lipinski definition) is 5. The molecule has 5 N–H and O–H groups in total. The van der Waals surface area contributed by atoms with Crippen molar-refractivity contribution in [2.75, 3.05) is 0 Å². The van der Waals surface area contributed by atoms with Crippen LogP contribution in [0.1, 0.15) is 92.9 Å². The normalized spacial score (nSPS) is 44.0. The topological polar surface area (TPSA) is 223 Å². The molecule has 1 saturated heterocycles. The quantitative estimate of drug-likeness (QED) is 0.152. The highest BCUT2D eigenvalue weighted by Gasteiger charge is 2.61. The van der Waals surface area contributed by atoms with Gasteiger partial charge in [-0.25, -0.2) is 8.37 Å². The molecule has 0 unspecified atom stereocenters. The highest BCUT2D eigenvalue weighted by molar-refractivity contribution is 7.81. The lowest BCUT2D eigenvalue weighted by Gasteiger charge is -2.59. The fraction of sp³-hybridized carbons (Fsp3) is 0.909. The van der Waals surface area contributed by atoms with E-state index in [0.29, 0.717) is 25.7 Å². The van der Waals surface area contributed by atoms with Crippen LogP contribution in [-0.2, 0) is 43.4 Å². The van der Waals surface area contributed by atoms with Crippen LogP contribution < -0.4 is 0 Å². The van der Waals surface area contributed by atoms with Crippen LogP contribution in [0.25, 0.3) is 0 Å². The van der Waals surface area contributed by atoms with E-state index in [1.54, 1.807) is 0 Å². The first-order valence-corrected chi connectivity index (χ1v) is 20.2. The van der Waals surface area contributed by atoms with E-state index < -0.39 is 75.2 Å². The Morgan fingerprint density at radius 1 is 0.980 bits per heavy atom. The van der Waals surface area contributed by atoms with E-state index >= 15 is 0 Å². The number of hydrogen-bond acceptors (Lipinski definition) is 12. The molecule has 0 aromatic rings. The van der Waals surface area contributed by atoms with Gasteiger partial charge in [-0.2, -0.15) is 16.8 Å². The van der Waals surface area contributed by atoms with Gasteiger partial charge in [0, 0.05) is 6.42 Å². The van der Waals surface area contributed by atoms with Gasteiger partial charge in [0.2, 0.25) is 0 Å². The van der Waals surface area contributed by atoms with Gasteiger partial charge >= 0.3 is 20.8 Å². The smallest absolute Gasteiger partial charge is 0.387 e. The van der Waals surface area contributed by atoms with Gasteiger partial charge in [0.15, 0.2) is 12.1 Å². The van der Waals surface area contributed by atoms with Crippen LogP contribution in [0, 0.1) is 46.3 Å². The van der Waals surface area contributed by atoms with Gasteiger partial charge in [0.25, 0.3) is 0 Å². The first-order chi connectivity index (χ1) is 22.6. The summed E-state index contributed by atoms with van der Waals surface area (Å²) < 4.78 is 86.8. The predicted octanol–water partition coefficient (Wildman–Crippen LogP) is 3.02. The Balaban J connectivity index is 1.43. The Labute approximate surface area is 289 Å². The molecule has 0 bridgehead atoms. The highest BCUT2D eigenvalue weighted by Crippen LogP contribution is 2.67. The average Bonchev–Trinajstić information content (AvgIpc) is 3.34. The average molecular weight is 739 g/mol. The zero-order valence-electron chi connectivity index (χ0n) is 29.0. The van der Waals surface area contributed by atoms with E-state index in [2.05, 4.69) is 31.0 Å². The third-order valence-electron chi connectivity index (χ3n) is 12.8. The van der Waals surface area contributed by atoms with Crippen molar-refractivity contribution in [2.24, 2.45) is 46.3 Å². The van der Waals surface area contributed by atoms with E-state index in [4.69, 9.17) is 13.7 Å². The van der Waals surface area contributed by atoms with Gasteiger partial charge in [-0.3, -0.25) is 13.9 Å². The number of ether oxygens (including phenoxy) is 2. The molecular formula is C33H54O14S2. The Kier molecular flexibility index (Phi) is 11.2.